The molecule has 0 fully saturated rings. The highest BCUT2D eigenvalue weighted by atomic mass is 16.7. The summed E-state index contributed by atoms with van der Waals surface area (Å²) in [4.78, 5) is 10.2. The van der Waals surface area contributed by atoms with Crippen molar-refractivity contribution in [2.75, 3.05) is 36.8 Å². The van der Waals surface area contributed by atoms with Gasteiger partial charge in [0.25, 0.3) is 0 Å². The molecule has 0 saturated heterocycles. The van der Waals surface area contributed by atoms with E-state index >= 15 is 0 Å². The second-order valence-corrected chi connectivity index (χ2v) is 4.93. The molecular weight excluding hydrogens is 278 g/mol. The molecular formula is C16H21N5O. The van der Waals surface area contributed by atoms with E-state index in [1.807, 2.05) is 38.4 Å². The lowest BCUT2D eigenvalue weighted by Gasteiger charge is -2.24. The monoisotopic (exact) mass is 299 g/mol. The van der Waals surface area contributed by atoms with Gasteiger partial charge in [-0.1, -0.05) is 18.2 Å². The lowest BCUT2D eigenvalue weighted by Crippen LogP contribution is -2.21. The fourth-order valence-corrected chi connectivity index (χ4v) is 2.36. The van der Waals surface area contributed by atoms with Crippen LogP contribution in [0, 0.1) is 11.3 Å². The minimum Gasteiger partial charge on any atom is -0.383 e. The number of pyridine rings is 1. The summed E-state index contributed by atoms with van der Waals surface area (Å²) in [6.07, 6.45) is 2.23. The van der Waals surface area contributed by atoms with Crippen LogP contribution in [-0.4, -0.2) is 25.7 Å². The van der Waals surface area contributed by atoms with Crippen molar-refractivity contribution < 1.29 is 4.84 Å². The minimum absolute atomic E-state index is 0.441. The predicted molar refractivity (Wildman–Crippen MR) is 89.5 cm³/mol. The van der Waals surface area contributed by atoms with Crippen LogP contribution in [0.5, 0.6) is 0 Å². The number of para-hydroxylation sites is 1. The number of aromatic nitrogens is 1. The van der Waals surface area contributed by atoms with Crippen LogP contribution in [0.1, 0.15) is 19.3 Å². The van der Waals surface area contributed by atoms with Crippen LogP contribution >= 0.6 is 0 Å². The van der Waals surface area contributed by atoms with E-state index in [0.29, 0.717) is 18.8 Å². The smallest absolute Gasteiger partial charge is 0.149 e. The van der Waals surface area contributed by atoms with Crippen LogP contribution in [0.4, 0.5) is 17.2 Å². The SMILES string of the molecule is CNc1c(N)nc2ccccc2c1N(C)OCCCCC#N. The summed E-state index contributed by atoms with van der Waals surface area (Å²) in [6, 6.07) is 9.95. The molecule has 0 unspecified atom stereocenters. The Balaban J connectivity index is 2.26. The quantitative estimate of drug-likeness (QED) is 0.604. The number of fused-ring (bicyclic) bond motifs is 1. The first-order valence-corrected chi connectivity index (χ1v) is 7.28. The van der Waals surface area contributed by atoms with Gasteiger partial charge in [-0.25, -0.2) is 4.98 Å². The van der Waals surface area contributed by atoms with Crippen molar-refractivity contribution in [3.8, 4) is 6.07 Å². The van der Waals surface area contributed by atoms with Crippen molar-refractivity contribution in [3.05, 3.63) is 24.3 Å². The van der Waals surface area contributed by atoms with Gasteiger partial charge in [-0.2, -0.15) is 5.26 Å². The normalized spacial score (nSPS) is 10.4. The van der Waals surface area contributed by atoms with Crippen molar-refractivity contribution in [2.45, 2.75) is 19.3 Å². The third-order valence-corrected chi connectivity index (χ3v) is 3.43. The molecule has 0 bridgehead atoms. The zero-order chi connectivity index (χ0) is 15.9. The number of nitrogens with zero attached hydrogens (tertiary/aromatic N) is 3. The Hall–Kier alpha value is -2.52. The molecule has 0 amide bonds. The summed E-state index contributed by atoms with van der Waals surface area (Å²) in [5.74, 6) is 0.441. The molecule has 2 aromatic rings. The molecule has 1 heterocycles. The molecule has 0 radical (unpaired) electrons. The number of hydrogen-bond donors (Lipinski definition) is 2. The van der Waals surface area contributed by atoms with E-state index in [1.165, 1.54) is 0 Å². The highest BCUT2D eigenvalue weighted by Gasteiger charge is 2.16. The molecule has 3 N–H and O–H groups in total. The van der Waals surface area contributed by atoms with Gasteiger partial charge < -0.3 is 11.1 Å². The van der Waals surface area contributed by atoms with E-state index in [4.69, 9.17) is 15.8 Å². The number of unbranched alkanes of at least 4 members (excludes halogenated alkanes) is 2. The van der Waals surface area contributed by atoms with Gasteiger partial charge >= 0.3 is 0 Å². The predicted octanol–water partition coefficient (Wildman–Crippen LogP) is 2.92. The fourth-order valence-electron chi connectivity index (χ4n) is 2.36. The number of hydrogen-bond acceptors (Lipinski definition) is 6. The van der Waals surface area contributed by atoms with Crippen molar-refractivity contribution >= 4 is 28.1 Å². The molecule has 0 aliphatic carbocycles. The fraction of sp³-hybridized carbons (Fsp3) is 0.375. The van der Waals surface area contributed by atoms with Crippen LogP contribution < -0.4 is 16.1 Å². The minimum atomic E-state index is 0.441. The van der Waals surface area contributed by atoms with Gasteiger partial charge in [0.1, 0.15) is 11.5 Å². The summed E-state index contributed by atoms with van der Waals surface area (Å²) < 4.78 is 0. The molecule has 0 spiro atoms. The van der Waals surface area contributed by atoms with Gasteiger partial charge in [-0.05, 0) is 18.9 Å². The maximum absolute atomic E-state index is 8.54. The average molecular weight is 299 g/mol. The summed E-state index contributed by atoms with van der Waals surface area (Å²) in [5.41, 5.74) is 8.48. The van der Waals surface area contributed by atoms with Gasteiger partial charge in [0, 0.05) is 25.9 Å². The van der Waals surface area contributed by atoms with Crippen LogP contribution in [0.25, 0.3) is 10.9 Å². The molecule has 6 heteroatoms. The van der Waals surface area contributed by atoms with E-state index in [0.717, 1.165) is 35.1 Å². The number of nitrogen functional groups attached to an aromatic ring is 1. The van der Waals surface area contributed by atoms with E-state index in [-0.39, 0.29) is 0 Å². The Kier molecular flexibility index (Phi) is 5.39. The second-order valence-electron chi connectivity index (χ2n) is 4.93. The van der Waals surface area contributed by atoms with Crippen molar-refractivity contribution in [1.29, 1.82) is 5.26 Å². The lowest BCUT2D eigenvalue weighted by atomic mass is 10.1. The standard InChI is InChI=1S/C16H21N5O/c1-19-14-15(21(2)22-11-7-3-6-10-17)12-8-4-5-9-13(12)20-16(14)18/h4-5,8-9,19H,3,6-7,11H2,1-2H3,(H2,18,20). The van der Waals surface area contributed by atoms with Crippen LogP contribution in [-0.2, 0) is 4.84 Å². The highest BCUT2D eigenvalue weighted by molar-refractivity contribution is 6.01. The average Bonchev–Trinajstić information content (AvgIpc) is 2.53. The number of benzene rings is 1. The molecule has 1 aromatic carbocycles. The Morgan fingerprint density at radius 1 is 1.36 bits per heavy atom. The van der Waals surface area contributed by atoms with Gasteiger partial charge in [-0.3, -0.25) is 9.90 Å². The van der Waals surface area contributed by atoms with E-state index in [2.05, 4.69) is 16.4 Å². The molecule has 2 rings (SSSR count). The van der Waals surface area contributed by atoms with Crippen LogP contribution in [0.3, 0.4) is 0 Å². The maximum Gasteiger partial charge on any atom is 0.149 e. The van der Waals surface area contributed by atoms with Gasteiger partial charge in [0.2, 0.25) is 0 Å². The first-order valence-electron chi connectivity index (χ1n) is 7.28. The molecule has 0 atom stereocenters. The molecule has 0 aliphatic heterocycles. The van der Waals surface area contributed by atoms with E-state index in [9.17, 15) is 0 Å². The number of hydroxylamine groups is 1. The second kappa shape index (κ2) is 7.48. The summed E-state index contributed by atoms with van der Waals surface area (Å²) >= 11 is 0. The van der Waals surface area contributed by atoms with Gasteiger partial charge in [0.05, 0.1) is 23.9 Å². The molecule has 22 heavy (non-hydrogen) atoms. The largest absolute Gasteiger partial charge is 0.383 e. The first-order chi connectivity index (χ1) is 10.7. The summed E-state index contributed by atoms with van der Waals surface area (Å²) in [7, 11) is 3.67. The number of nitrogens with two attached hydrogens (primary N) is 1. The maximum atomic E-state index is 8.54. The molecule has 1 aromatic heterocycles. The molecule has 0 aliphatic rings. The number of nitriles is 1. The zero-order valence-corrected chi connectivity index (χ0v) is 13.0. The van der Waals surface area contributed by atoms with Gasteiger partial charge in [-0.15, -0.1) is 0 Å². The number of rotatable bonds is 7. The van der Waals surface area contributed by atoms with E-state index < -0.39 is 0 Å². The van der Waals surface area contributed by atoms with Crippen molar-refractivity contribution in [1.82, 2.24) is 4.98 Å². The lowest BCUT2D eigenvalue weighted by molar-refractivity contribution is 0.119. The van der Waals surface area contributed by atoms with Crippen LogP contribution in [0.2, 0.25) is 0 Å². The Bertz CT molecular complexity index is 680. The number of anilines is 3. The number of nitrogens with one attached hydrogen (secondary N) is 1. The van der Waals surface area contributed by atoms with Crippen LogP contribution in [0.15, 0.2) is 24.3 Å². The molecule has 0 saturated carbocycles. The van der Waals surface area contributed by atoms with E-state index in [1.54, 1.807) is 5.06 Å². The topological polar surface area (TPSA) is 87.2 Å². The first kappa shape index (κ1) is 15.9. The summed E-state index contributed by atoms with van der Waals surface area (Å²) in [5, 5.41) is 14.3. The van der Waals surface area contributed by atoms with Crippen molar-refractivity contribution in [3.63, 3.8) is 0 Å². The zero-order valence-electron chi connectivity index (χ0n) is 13.0. The van der Waals surface area contributed by atoms with Crippen molar-refractivity contribution in [2.24, 2.45) is 0 Å². The molecule has 6 nitrogen and oxygen atoms in total. The Morgan fingerprint density at radius 3 is 2.86 bits per heavy atom. The molecule has 116 valence electrons. The summed E-state index contributed by atoms with van der Waals surface area (Å²) in [6.45, 7) is 0.553. The third-order valence-electron chi connectivity index (χ3n) is 3.43. The Labute approximate surface area is 130 Å². The van der Waals surface area contributed by atoms with Gasteiger partial charge in [0.15, 0.2) is 0 Å². The Morgan fingerprint density at radius 2 is 2.14 bits per heavy atom. The third kappa shape index (κ3) is 3.38. The highest BCUT2D eigenvalue weighted by Crippen LogP contribution is 2.36.